The first-order chi connectivity index (χ1) is 11.8. The molecule has 6 nitrogen and oxygen atoms in total. The Morgan fingerprint density at radius 1 is 1.42 bits per heavy atom. The number of fused-ring (bicyclic) bond motifs is 1. The van der Waals surface area contributed by atoms with E-state index in [0.717, 1.165) is 61.5 Å². The van der Waals surface area contributed by atoms with E-state index in [1.807, 2.05) is 21.7 Å². The van der Waals surface area contributed by atoms with Crippen LogP contribution in [0.5, 0.6) is 0 Å². The van der Waals surface area contributed by atoms with Gasteiger partial charge in [0.25, 0.3) is 5.91 Å². The van der Waals surface area contributed by atoms with Gasteiger partial charge in [0.15, 0.2) is 0 Å². The lowest BCUT2D eigenvalue weighted by atomic mass is 10.1. The van der Waals surface area contributed by atoms with Gasteiger partial charge >= 0.3 is 0 Å². The molecule has 1 aliphatic carbocycles. The Kier molecular flexibility index (Phi) is 3.96. The molecule has 1 N–H and O–H groups in total. The lowest BCUT2D eigenvalue weighted by molar-refractivity contribution is 0.0986. The van der Waals surface area contributed by atoms with Crippen LogP contribution < -0.4 is 10.2 Å². The van der Waals surface area contributed by atoms with E-state index in [1.54, 1.807) is 12.4 Å². The molecule has 1 fully saturated rings. The quantitative estimate of drug-likeness (QED) is 0.938. The van der Waals surface area contributed by atoms with Gasteiger partial charge in [0.05, 0.1) is 23.1 Å². The Bertz CT molecular complexity index is 750. The molecule has 3 heterocycles. The van der Waals surface area contributed by atoms with E-state index in [4.69, 9.17) is 0 Å². The van der Waals surface area contributed by atoms with Crippen LogP contribution in [-0.2, 0) is 6.54 Å². The van der Waals surface area contributed by atoms with Crippen molar-refractivity contribution in [3.05, 3.63) is 35.8 Å². The Morgan fingerprint density at radius 2 is 2.29 bits per heavy atom. The van der Waals surface area contributed by atoms with E-state index < -0.39 is 0 Å². The topological polar surface area (TPSA) is 63.1 Å². The second-order valence-corrected chi connectivity index (χ2v) is 6.55. The van der Waals surface area contributed by atoms with Crippen LogP contribution in [-0.4, -0.2) is 33.8 Å². The summed E-state index contributed by atoms with van der Waals surface area (Å²) in [5.74, 6) is 1.34. The molecule has 0 atom stereocenters. The highest BCUT2D eigenvalue weighted by molar-refractivity contribution is 6.08. The number of amides is 1. The third-order valence-corrected chi connectivity index (χ3v) is 4.68. The molecular formula is C18H23N5O. The molecule has 1 aliphatic heterocycles. The number of anilines is 2. The van der Waals surface area contributed by atoms with Crippen molar-refractivity contribution < 1.29 is 4.79 Å². The Hall–Kier alpha value is -2.37. The molecule has 4 rings (SSSR count). The highest BCUT2D eigenvalue weighted by Gasteiger charge is 2.34. The largest absolute Gasteiger partial charge is 0.368 e. The molecule has 2 aliphatic rings. The molecule has 2 aromatic rings. The second kappa shape index (κ2) is 6.26. The van der Waals surface area contributed by atoms with Crippen LogP contribution in [0, 0.1) is 0 Å². The summed E-state index contributed by atoms with van der Waals surface area (Å²) in [5, 5.41) is 7.81. The summed E-state index contributed by atoms with van der Waals surface area (Å²) < 4.78 is 2.03. The second-order valence-electron chi connectivity index (χ2n) is 6.55. The number of pyridine rings is 1. The number of nitrogens with zero attached hydrogens (tertiary/aromatic N) is 4. The molecule has 2 aromatic heterocycles. The van der Waals surface area contributed by atoms with Crippen LogP contribution in [0.2, 0.25) is 0 Å². The number of hydrogen-bond acceptors (Lipinski definition) is 4. The van der Waals surface area contributed by atoms with Gasteiger partial charge in [-0.3, -0.25) is 9.48 Å². The third kappa shape index (κ3) is 2.66. The highest BCUT2D eigenvalue weighted by atomic mass is 16.2. The first-order valence-corrected chi connectivity index (χ1v) is 8.86. The molecule has 0 saturated heterocycles. The van der Waals surface area contributed by atoms with Crippen molar-refractivity contribution in [2.24, 2.45) is 0 Å². The van der Waals surface area contributed by atoms with E-state index in [-0.39, 0.29) is 5.91 Å². The predicted molar refractivity (Wildman–Crippen MR) is 93.5 cm³/mol. The van der Waals surface area contributed by atoms with Crippen molar-refractivity contribution in [3.63, 3.8) is 0 Å². The van der Waals surface area contributed by atoms with Crippen LogP contribution >= 0.6 is 0 Å². The molecule has 24 heavy (non-hydrogen) atoms. The molecule has 1 amide bonds. The van der Waals surface area contributed by atoms with Crippen molar-refractivity contribution in [3.8, 4) is 0 Å². The normalized spacial score (nSPS) is 17.1. The molecule has 0 aromatic carbocycles. The first-order valence-electron chi connectivity index (χ1n) is 8.86. The summed E-state index contributed by atoms with van der Waals surface area (Å²) in [4.78, 5) is 19.5. The summed E-state index contributed by atoms with van der Waals surface area (Å²) in [5.41, 5.74) is 2.76. The van der Waals surface area contributed by atoms with E-state index >= 15 is 0 Å². The molecule has 0 spiro atoms. The van der Waals surface area contributed by atoms with E-state index in [9.17, 15) is 4.79 Å². The number of hydrogen-bond donors (Lipinski definition) is 1. The molecule has 0 unspecified atom stereocenters. The van der Waals surface area contributed by atoms with Gasteiger partial charge in [0.2, 0.25) is 0 Å². The van der Waals surface area contributed by atoms with E-state index in [0.29, 0.717) is 12.5 Å². The number of aryl methyl sites for hydroxylation is 1. The zero-order valence-corrected chi connectivity index (χ0v) is 14.0. The van der Waals surface area contributed by atoms with Gasteiger partial charge in [-0.2, -0.15) is 5.10 Å². The smallest absolute Gasteiger partial charge is 0.261 e. The highest BCUT2D eigenvalue weighted by Crippen LogP contribution is 2.42. The van der Waals surface area contributed by atoms with Crippen LogP contribution in [0.25, 0.3) is 0 Å². The molecular weight excluding hydrogens is 302 g/mol. The molecule has 6 heteroatoms. The average Bonchev–Trinajstić information content (AvgIpc) is 3.39. The summed E-state index contributed by atoms with van der Waals surface area (Å²) >= 11 is 0. The summed E-state index contributed by atoms with van der Waals surface area (Å²) in [7, 11) is 0. The monoisotopic (exact) mass is 325 g/mol. The maximum atomic E-state index is 13.3. The maximum Gasteiger partial charge on any atom is 0.261 e. The average molecular weight is 325 g/mol. The Labute approximate surface area is 141 Å². The number of carbonyl (C=O) groups excluding carboxylic acids is 1. The van der Waals surface area contributed by atoms with Gasteiger partial charge in [-0.1, -0.05) is 6.92 Å². The van der Waals surface area contributed by atoms with Crippen LogP contribution in [0.4, 0.5) is 11.5 Å². The van der Waals surface area contributed by atoms with Gasteiger partial charge in [-0.05, 0) is 37.8 Å². The van der Waals surface area contributed by atoms with Crippen molar-refractivity contribution in [2.45, 2.75) is 45.1 Å². The molecule has 0 radical (unpaired) electrons. The Morgan fingerprint density at radius 3 is 3.08 bits per heavy atom. The van der Waals surface area contributed by atoms with E-state index in [2.05, 4.69) is 22.3 Å². The molecule has 1 saturated carbocycles. The van der Waals surface area contributed by atoms with Crippen molar-refractivity contribution in [2.75, 3.05) is 23.3 Å². The van der Waals surface area contributed by atoms with Gasteiger partial charge in [0.1, 0.15) is 5.82 Å². The van der Waals surface area contributed by atoms with Gasteiger partial charge in [0, 0.05) is 31.7 Å². The Balaban J connectivity index is 1.71. The first kappa shape index (κ1) is 15.2. The lowest BCUT2D eigenvalue weighted by Gasteiger charge is -2.22. The van der Waals surface area contributed by atoms with Crippen LogP contribution in [0.15, 0.2) is 24.5 Å². The lowest BCUT2D eigenvalue weighted by Crippen LogP contribution is -2.32. The molecule has 0 bridgehead atoms. The number of rotatable bonds is 4. The minimum Gasteiger partial charge on any atom is -0.368 e. The fourth-order valence-electron chi connectivity index (χ4n) is 3.41. The van der Waals surface area contributed by atoms with Gasteiger partial charge in [-0.15, -0.1) is 0 Å². The zero-order valence-electron chi connectivity index (χ0n) is 14.0. The van der Waals surface area contributed by atoms with Crippen LogP contribution in [0.1, 0.15) is 54.6 Å². The molecule has 126 valence electrons. The summed E-state index contributed by atoms with van der Waals surface area (Å²) in [6.07, 6.45) is 7.78. The number of carbonyl (C=O) groups is 1. The minimum atomic E-state index is 0.0530. The number of aromatic nitrogens is 3. The van der Waals surface area contributed by atoms with Crippen LogP contribution in [0.3, 0.4) is 0 Å². The fraction of sp³-hybridized carbons (Fsp3) is 0.500. The maximum absolute atomic E-state index is 13.3. The summed E-state index contributed by atoms with van der Waals surface area (Å²) in [6.45, 7) is 4.55. The zero-order chi connectivity index (χ0) is 16.5. The minimum absolute atomic E-state index is 0.0530. The van der Waals surface area contributed by atoms with Gasteiger partial charge < -0.3 is 10.2 Å². The number of nitrogens with one attached hydrogen (secondary N) is 1. The standard InChI is InChI=1S/C18H23N5O/c1-2-10-23-16(13-6-7-13)14(12-21-23)18(24)22-11-4-9-20-17-15(22)5-3-8-19-17/h3,5,8,12-13H,2,4,6-7,9-11H2,1H3,(H,19,20). The third-order valence-electron chi connectivity index (χ3n) is 4.68. The predicted octanol–water partition coefficient (Wildman–Crippen LogP) is 3.03. The SMILES string of the molecule is CCCn1ncc(C(=O)N2CCCNc3ncccc32)c1C1CC1. The fourth-order valence-corrected chi connectivity index (χ4v) is 3.41. The van der Waals surface area contributed by atoms with E-state index in [1.165, 1.54) is 0 Å². The van der Waals surface area contributed by atoms with Crippen molar-refractivity contribution in [1.29, 1.82) is 0 Å². The van der Waals surface area contributed by atoms with Crippen molar-refractivity contribution >= 4 is 17.4 Å². The van der Waals surface area contributed by atoms with Crippen molar-refractivity contribution in [1.82, 2.24) is 14.8 Å². The summed E-state index contributed by atoms with van der Waals surface area (Å²) in [6, 6.07) is 3.85. The van der Waals surface area contributed by atoms with Gasteiger partial charge in [-0.25, -0.2) is 4.98 Å².